The van der Waals surface area contributed by atoms with Crippen LogP contribution in [-0.2, 0) is 12.8 Å². The lowest BCUT2D eigenvalue weighted by Crippen LogP contribution is -2.30. The Hall–Kier alpha value is -1.45. The first-order chi connectivity index (χ1) is 9.37. The highest BCUT2D eigenvalue weighted by molar-refractivity contribution is 6.30. The van der Waals surface area contributed by atoms with E-state index < -0.39 is 11.4 Å². The van der Waals surface area contributed by atoms with Gasteiger partial charge in [-0.05, 0) is 36.2 Å². The van der Waals surface area contributed by atoms with Crippen LogP contribution in [0, 0.1) is 11.6 Å². The minimum absolute atomic E-state index is 0.0315. The second-order valence-electron chi connectivity index (χ2n) is 5.19. The molecule has 0 aliphatic carbocycles. The number of benzene rings is 2. The molecule has 0 radical (unpaired) electrons. The molecule has 0 bridgehead atoms. The van der Waals surface area contributed by atoms with E-state index in [4.69, 9.17) is 11.6 Å². The van der Waals surface area contributed by atoms with Crippen LogP contribution in [0.2, 0.25) is 5.02 Å². The molecule has 2 aromatic rings. The van der Waals surface area contributed by atoms with Crippen molar-refractivity contribution < 1.29 is 13.9 Å². The van der Waals surface area contributed by atoms with Gasteiger partial charge in [-0.3, -0.25) is 0 Å². The molecule has 2 rings (SSSR count). The third-order valence-electron chi connectivity index (χ3n) is 3.08. The van der Waals surface area contributed by atoms with Crippen LogP contribution in [0.4, 0.5) is 8.78 Å². The largest absolute Gasteiger partial charge is 0.389 e. The van der Waals surface area contributed by atoms with Crippen molar-refractivity contribution in [3.8, 4) is 0 Å². The highest BCUT2D eigenvalue weighted by Gasteiger charge is 2.24. The molecule has 1 unspecified atom stereocenters. The standard InChI is InChI=1S/C16H15ClF2O/c1-16(20,9-11-4-2-6-13(18)8-11)10-12-5-3-7-14(17)15(12)19/h2-8,20H,9-10H2,1H3. The number of hydrogen-bond donors (Lipinski definition) is 1. The molecule has 0 heterocycles. The molecular weight excluding hydrogens is 282 g/mol. The third kappa shape index (κ3) is 3.78. The van der Waals surface area contributed by atoms with Gasteiger partial charge in [-0.2, -0.15) is 0 Å². The van der Waals surface area contributed by atoms with Crippen LogP contribution >= 0.6 is 11.6 Å². The molecule has 20 heavy (non-hydrogen) atoms. The molecule has 0 aliphatic rings. The quantitative estimate of drug-likeness (QED) is 0.898. The van der Waals surface area contributed by atoms with Crippen LogP contribution < -0.4 is 0 Å². The van der Waals surface area contributed by atoms with Crippen molar-refractivity contribution in [3.63, 3.8) is 0 Å². The van der Waals surface area contributed by atoms with Gasteiger partial charge in [0.1, 0.15) is 11.6 Å². The summed E-state index contributed by atoms with van der Waals surface area (Å²) < 4.78 is 27.0. The van der Waals surface area contributed by atoms with Crippen molar-refractivity contribution in [3.05, 3.63) is 70.2 Å². The monoisotopic (exact) mass is 296 g/mol. The van der Waals surface area contributed by atoms with E-state index in [0.717, 1.165) is 0 Å². The number of halogens is 3. The Morgan fingerprint density at radius 3 is 2.50 bits per heavy atom. The zero-order chi connectivity index (χ0) is 14.8. The average Bonchev–Trinajstić information content (AvgIpc) is 2.34. The lowest BCUT2D eigenvalue weighted by atomic mass is 9.89. The number of aliphatic hydroxyl groups is 1. The fourth-order valence-electron chi connectivity index (χ4n) is 2.24. The smallest absolute Gasteiger partial charge is 0.145 e. The van der Waals surface area contributed by atoms with Crippen LogP contribution in [0.1, 0.15) is 18.1 Å². The van der Waals surface area contributed by atoms with Crippen molar-refractivity contribution in [2.45, 2.75) is 25.4 Å². The molecule has 0 fully saturated rings. The van der Waals surface area contributed by atoms with Gasteiger partial charge < -0.3 is 5.11 Å². The van der Waals surface area contributed by atoms with Crippen molar-refractivity contribution in [2.75, 3.05) is 0 Å². The third-order valence-corrected chi connectivity index (χ3v) is 3.37. The lowest BCUT2D eigenvalue weighted by molar-refractivity contribution is 0.0599. The summed E-state index contributed by atoms with van der Waals surface area (Å²) in [7, 11) is 0. The van der Waals surface area contributed by atoms with E-state index in [1.807, 2.05) is 0 Å². The molecule has 0 amide bonds. The summed E-state index contributed by atoms with van der Waals surface area (Å²) in [6, 6.07) is 10.7. The van der Waals surface area contributed by atoms with Gasteiger partial charge in [0.05, 0.1) is 10.6 Å². The van der Waals surface area contributed by atoms with Crippen molar-refractivity contribution in [1.29, 1.82) is 0 Å². The Morgan fingerprint density at radius 1 is 1.10 bits per heavy atom. The van der Waals surface area contributed by atoms with Gasteiger partial charge in [0.15, 0.2) is 0 Å². The van der Waals surface area contributed by atoms with Gasteiger partial charge in [-0.15, -0.1) is 0 Å². The Bertz CT molecular complexity index is 611. The van der Waals surface area contributed by atoms with E-state index >= 15 is 0 Å². The van der Waals surface area contributed by atoms with Gasteiger partial charge in [0.2, 0.25) is 0 Å². The van der Waals surface area contributed by atoms with Crippen LogP contribution in [0.25, 0.3) is 0 Å². The summed E-state index contributed by atoms with van der Waals surface area (Å²) in [5.41, 5.74) is -0.171. The second-order valence-corrected chi connectivity index (χ2v) is 5.60. The predicted octanol–water partition coefficient (Wildman–Crippen LogP) is 4.15. The molecular formula is C16H15ClF2O. The maximum absolute atomic E-state index is 13.8. The summed E-state index contributed by atoms with van der Waals surface area (Å²) in [5, 5.41) is 10.4. The van der Waals surface area contributed by atoms with Gasteiger partial charge >= 0.3 is 0 Å². The first-order valence-electron chi connectivity index (χ1n) is 6.27. The number of rotatable bonds is 4. The number of hydrogen-bond acceptors (Lipinski definition) is 1. The molecule has 0 aliphatic heterocycles. The van der Waals surface area contributed by atoms with Crippen molar-refractivity contribution in [1.82, 2.24) is 0 Å². The topological polar surface area (TPSA) is 20.2 Å². The molecule has 1 atom stereocenters. The maximum Gasteiger partial charge on any atom is 0.145 e. The van der Waals surface area contributed by atoms with E-state index in [9.17, 15) is 13.9 Å². The van der Waals surface area contributed by atoms with Crippen LogP contribution in [0.15, 0.2) is 42.5 Å². The molecule has 0 saturated heterocycles. The molecule has 0 saturated carbocycles. The lowest BCUT2D eigenvalue weighted by Gasteiger charge is -2.24. The van der Waals surface area contributed by atoms with E-state index in [2.05, 4.69) is 0 Å². The molecule has 106 valence electrons. The summed E-state index contributed by atoms with van der Waals surface area (Å²) in [6.45, 7) is 1.60. The van der Waals surface area contributed by atoms with E-state index in [0.29, 0.717) is 11.1 Å². The van der Waals surface area contributed by atoms with Gasteiger partial charge in [-0.1, -0.05) is 35.9 Å². The molecule has 0 aromatic heterocycles. The minimum atomic E-state index is -1.18. The zero-order valence-electron chi connectivity index (χ0n) is 11.0. The van der Waals surface area contributed by atoms with Gasteiger partial charge in [0.25, 0.3) is 0 Å². The molecule has 1 nitrogen and oxygen atoms in total. The van der Waals surface area contributed by atoms with Crippen LogP contribution in [0.5, 0.6) is 0 Å². The maximum atomic E-state index is 13.8. The highest BCUT2D eigenvalue weighted by atomic mass is 35.5. The SMILES string of the molecule is CC(O)(Cc1cccc(F)c1)Cc1cccc(Cl)c1F. The average molecular weight is 297 g/mol. The fraction of sp³-hybridized carbons (Fsp3) is 0.250. The minimum Gasteiger partial charge on any atom is -0.389 e. The first kappa shape index (κ1) is 14.9. The van der Waals surface area contributed by atoms with E-state index in [1.54, 1.807) is 31.2 Å². The highest BCUT2D eigenvalue weighted by Crippen LogP contribution is 2.24. The van der Waals surface area contributed by atoms with Crippen LogP contribution in [0.3, 0.4) is 0 Å². The van der Waals surface area contributed by atoms with Gasteiger partial charge in [0, 0.05) is 12.8 Å². The summed E-state index contributed by atoms with van der Waals surface area (Å²) >= 11 is 5.72. The summed E-state index contributed by atoms with van der Waals surface area (Å²) in [5.74, 6) is -0.874. The van der Waals surface area contributed by atoms with Crippen molar-refractivity contribution in [2.24, 2.45) is 0 Å². The predicted molar refractivity (Wildman–Crippen MR) is 75.8 cm³/mol. The van der Waals surface area contributed by atoms with Crippen LogP contribution in [-0.4, -0.2) is 10.7 Å². The Kier molecular flexibility index (Phi) is 4.41. The fourth-order valence-corrected chi connectivity index (χ4v) is 2.44. The summed E-state index contributed by atoms with van der Waals surface area (Å²) in [4.78, 5) is 0. The van der Waals surface area contributed by atoms with E-state index in [1.165, 1.54) is 18.2 Å². The molecule has 1 N–H and O–H groups in total. The zero-order valence-corrected chi connectivity index (χ0v) is 11.8. The molecule has 2 aromatic carbocycles. The van der Waals surface area contributed by atoms with Crippen molar-refractivity contribution >= 4 is 11.6 Å². The Labute approximate surface area is 121 Å². The normalized spacial score (nSPS) is 14.1. The first-order valence-corrected chi connectivity index (χ1v) is 6.65. The second kappa shape index (κ2) is 5.90. The van der Waals surface area contributed by atoms with E-state index in [-0.39, 0.29) is 23.7 Å². The Morgan fingerprint density at radius 2 is 1.80 bits per heavy atom. The molecule has 0 spiro atoms. The Balaban J connectivity index is 2.16. The van der Waals surface area contributed by atoms with Gasteiger partial charge in [-0.25, -0.2) is 8.78 Å². The molecule has 4 heteroatoms. The summed E-state index contributed by atoms with van der Waals surface area (Å²) in [6.07, 6.45) is 0.340.